The number of para-hydroxylation sites is 1. The molecule has 2 aromatic rings. The molecule has 180 valence electrons. The number of piperidine rings is 1. The van der Waals surface area contributed by atoms with Gasteiger partial charge in [-0.3, -0.25) is 4.79 Å². The number of halogens is 3. The maximum absolute atomic E-state index is 13.5. The van der Waals surface area contributed by atoms with Crippen molar-refractivity contribution in [1.82, 2.24) is 4.90 Å². The minimum Gasteiger partial charge on any atom is -0.484 e. The van der Waals surface area contributed by atoms with Crippen molar-refractivity contribution in [3.05, 3.63) is 59.7 Å². The average molecular weight is 473 g/mol. The second kappa shape index (κ2) is 9.55. The highest BCUT2D eigenvalue weighted by Gasteiger charge is 2.51. The number of anilines is 1. The fourth-order valence-electron chi connectivity index (χ4n) is 5.10. The quantitative estimate of drug-likeness (QED) is 0.636. The number of carbonyl (C=O) groups is 1. The summed E-state index contributed by atoms with van der Waals surface area (Å²) >= 11 is 0. The monoisotopic (exact) mass is 473 g/mol. The van der Waals surface area contributed by atoms with Crippen LogP contribution in [0, 0.1) is 22.7 Å². The smallest absolute Gasteiger partial charge is 0.417 e. The van der Waals surface area contributed by atoms with E-state index in [1.54, 1.807) is 36.3 Å². The van der Waals surface area contributed by atoms with Gasteiger partial charge in [0.15, 0.2) is 6.61 Å². The van der Waals surface area contributed by atoms with Gasteiger partial charge in [0.05, 0.1) is 23.8 Å². The molecular weight excluding hydrogens is 447 g/mol. The van der Waals surface area contributed by atoms with Gasteiger partial charge in [-0.25, -0.2) is 0 Å². The van der Waals surface area contributed by atoms with Gasteiger partial charge in [-0.05, 0) is 42.7 Å². The molecule has 6 nitrogen and oxygen atoms in total. The van der Waals surface area contributed by atoms with Crippen molar-refractivity contribution in [2.45, 2.75) is 12.6 Å². The SMILES string of the molecule is COCC12CN(C(=O)COc3ccccc3)CCC1CN(c1ccc(C#N)c(C(F)(F)F)c1)C2. The zero-order valence-electron chi connectivity index (χ0n) is 18.8. The van der Waals surface area contributed by atoms with E-state index in [0.717, 1.165) is 12.5 Å². The molecule has 34 heavy (non-hydrogen) atoms. The molecule has 0 saturated carbocycles. The molecule has 2 unspecified atom stereocenters. The lowest BCUT2D eigenvalue weighted by atomic mass is 9.74. The van der Waals surface area contributed by atoms with E-state index in [-0.39, 0.29) is 18.4 Å². The fourth-order valence-corrected chi connectivity index (χ4v) is 5.10. The van der Waals surface area contributed by atoms with E-state index in [1.165, 1.54) is 6.07 Å². The van der Waals surface area contributed by atoms with Gasteiger partial charge >= 0.3 is 6.18 Å². The number of benzene rings is 2. The molecule has 1 amide bonds. The van der Waals surface area contributed by atoms with Crippen LogP contribution in [0.3, 0.4) is 0 Å². The summed E-state index contributed by atoms with van der Waals surface area (Å²) in [6, 6.07) is 14.6. The molecule has 0 N–H and O–H groups in total. The number of hydrogen-bond acceptors (Lipinski definition) is 5. The summed E-state index contributed by atoms with van der Waals surface area (Å²) < 4.78 is 51.6. The Bertz CT molecular complexity index is 1070. The van der Waals surface area contributed by atoms with Crippen LogP contribution >= 0.6 is 0 Å². The topological polar surface area (TPSA) is 65.8 Å². The van der Waals surface area contributed by atoms with E-state index in [9.17, 15) is 18.0 Å². The lowest BCUT2D eigenvalue weighted by molar-refractivity contribution is -0.139. The predicted molar refractivity (Wildman–Crippen MR) is 119 cm³/mol. The van der Waals surface area contributed by atoms with Crippen molar-refractivity contribution in [2.75, 3.05) is 51.4 Å². The summed E-state index contributed by atoms with van der Waals surface area (Å²) in [6.07, 6.45) is -3.89. The van der Waals surface area contributed by atoms with E-state index in [4.69, 9.17) is 14.7 Å². The summed E-state index contributed by atoms with van der Waals surface area (Å²) in [6.45, 7) is 2.34. The third-order valence-corrected chi connectivity index (χ3v) is 6.75. The van der Waals surface area contributed by atoms with E-state index in [2.05, 4.69) is 0 Å². The van der Waals surface area contributed by atoms with Crippen LogP contribution in [0.1, 0.15) is 17.5 Å². The van der Waals surface area contributed by atoms with Crippen LogP contribution in [0.4, 0.5) is 18.9 Å². The van der Waals surface area contributed by atoms with Crippen molar-refractivity contribution in [3.8, 4) is 11.8 Å². The highest BCUT2D eigenvalue weighted by atomic mass is 19.4. The molecule has 2 atom stereocenters. The van der Waals surface area contributed by atoms with Gasteiger partial charge in [0.1, 0.15) is 5.75 Å². The van der Waals surface area contributed by atoms with Crippen LogP contribution in [-0.4, -0.2) is 57.3 Å². The van der Waals surface area contributed by atoms with Gasteiger partial charge in [0.25, 0.3) is 5.91 Å². The molecule has 0 aliphatic carbocycles. The number of alkyl halides is 3. The Labute approximate surface area is 196 Å². The van der Waals surface area contributed by atoms with Crippen molar-refractivity contribution in [3.63, 3.8) is 0 Å². The van der Waals surface area contributed by atoms with E-state index >= 15 is 0 Å². The zero-order chi connectivity index (χ0) is 24.3. The molecule has 2 aromatic carbocycles. The molecule has 2 fully saturated rings. The third-order valence-electron chi connectivity index (χ3n) is 6.75. The summed E-state index contributed by atoms with van der Waals surface area (Å²) in [7, 11) is 1.59. The first-order valence-electron chi connectivity index (χ1n) is 11.1. The average Bonchev–Trinajstić information content (AvgIpc) is 3.21. The Balaban J connectivity index is 1.51. The molecule has 4 rings (SSSR count). The summed E-state index contributed by atoms with van der Waals surface area (Å²) in [5, 5.41) is 9.09. The molecule has 9 heteroatoms. The molecule has 2 saturated heterocycles. The normalized spacial score (nSPS) is 22.3. The second-order valence-corrected chi connectivity index (χ2v) is 8.92. The number of hydrogen-bond donors (Lipinski definition) is 0. The largest absolute Gasteiger partial charge is 0.484 e. The maximum atomic E-state index is 13.5. The minimum absolute atomic E-state index is 0.0774. The van der Waals surface area contributed by atoms with Crippen LogP contribution in [0.15, 0.2) is 48.5 Å². The van der Waals surface area contributed by atoms with Gasteiger partial charge in [-0.15, -0.1) is 0 Å². The highest BCUT2D eigenvalue weighted by molar-refractivity contribution is 5.78. The van der Waals surface area contributed by atoms with E-state index in [0.29, 0.717) is 44.2 Å². The van der Waals surface area contributed by atoms with Crippen molar-refractivity contribution < 1.29 is 27.4 Å². The van der Waals surface area contributed by atoms with Crippen LogP contribution in [0.2, 0.25) is 0 Å². The molecule has 0 aromatic heterocycles. The van der Waals surface area contributed by atoms with Gasteiger partial charge in [-0.1, -0.05) is 18.2 Å². The van der Waals surface area contributed by atoms with Crippen LogP contribution in [0.5, 0.6) is 5.75 Å². The number of fused-ring (bicyclic) bond motifs is 1. The Morgan fingerprint density at radius 3 is 2.65 bits per heavy atom. The van der Waals surface area contributed by atoms with Crippen molar-refractivity contribution in [2.24, 2.45) is 11.3 Å². The summed E-state index contributed by atoms with van der Waals surface area (Å²) in [5.41, 5.74) is -1.31. The Hall–Kier alpha value is -3.25. The van der Waals surface area contributed by atoms with Crippen LogP contribution in [0.25, 0.3) is 0 Å². The highest BCUT2D eigenvalue weighted by Crippen LogP contribution is 2.45. The van der Waals surface area contributed by atoms with Crippen molar-refractivity contribution in [1.29, 1.82) is 5.26 Å². The Morgan fingerprint density at radius 1 is 1.21 bits per heavy atom. The maximum Gasteiger partial charge on any atom is 0.417 e. The molecule has 2 aliphatic rings. The van der Waals surface area contributed by atoms with Gasteiger partial charge in [0, 0.05) is 44.4 Å². The lowest BCUT2D eigenvalue weighted by Crippen LogP contribution is -2.53. The second-order valence-electron chi connectivity index (χ2n) is 8.92. The van der Waals surface area contributed by atoms with Crippen molar-refractivity contribution >= 4 is 11.6 Å². The number of amides is 1. The number of nitriles is 1. The standard InChI is InChI=1S/C25H26F3N3O3/c1-33-17-24-15-30(23(32)14-34-21-5-3-2-4-6-21)10-9-19(24)13-31(16-24)20-8-7-18(12-29)22(11-20)25(26,27)28/h2-8,11,19H,9-10,13-17H2,1H3. The third kappa shape index (κ3) is 4.82. The molecular formula is C25H26F3N3O3. The first-order chi connectivity index (χ1) is 16.3. The number of likely N-dealkylation sites (tertiary alicyclic amines) is 1. The molecule has 2 heterocycles. The fraction of sp³-hybridized carbons (Fsp3) is 0.440. The number of nitrogens with zero attached hydrogens (tertiary/aromatic N) is 3. The number of rotatable bonds is 6. The first-order valence-corrected chi connectivity index (χ1v) is 11.1. The van der Waals surface area contributed by atoms with Crippen LogP contribution in [-0.2, 0) is 15.7 Å². The van der Waals surface area contributed by atoms with Gasteiger partial charge in [0.2, 0.25) is 0 Å². The first kappa shape index (κ1) is 23.9. The number of methoxy groups -OCH3 is 1. The molecule has 0 bridgehead atoms. The molecule has 0 radical (unpaired) electrons. The summed E-state index contributed by atoms with van der Waals surface area (Å²) in [4.78, 5) is 16.6. The predicted octanol–water partition coefficient (Wildman–Crippen LogP) is 3.96. The Morgan fingerprint density at radius 2 is 1.97 bits per heavy atom. The van der Waals surface area contributed by atoms with Crippen LogP contribution < -0.4 is 9.64 Å². The van der Waals surface area contributed by atoms with E-state index in [1.807, 2.05) is 23.1 Å². The zero-order valence-corrected chi connectivity index (χ0v) is 18.8. The minimum atomic E-state index is -4.61. The number of ether oxygens (including phenoxy) is 2. The van der Waals surface area contributed by atoms with Gasteiger partial charge in [-0.2, -0.15) is 18.4 Å². The number of carbonyl (C=O) groups excluding carboxylic acids is 1. The molecule has 0 spiro atoms. The Kier molecular flexibility index (Phi) is 6.71. The molecule has 2 aliphatic heterocycles. The van der Waals surface area contributed by atoms with E-state index < -0.39 is 22.7 Å². The summed E-state index contributed by atoms with van der Waals surface area (Å²) in [5.74, 6) is 0.649. The van der Waals surface area contributed by atoms with Gasteiger partial charge < -0.3 is 19.3 Å². The lowest BCUT2D eigenvalue weighted by Gasteiger charge is -2.43.